The van der Waals surface area contributed by atoms with Crippen LogP contribution in [0.3, 0.4) is 0 Å². The van der Waals surface area contributed by atoms with Crippen molar-refractivity contribution in [2.75, 3.05) is 11.1 Å². The normalized spacial score (nSPS) is 18.1. The lowest BCUT2D eigenvalue weighted by Crippen LogP contribution is -2.01. The minimum absolute atomic E-state index is 0.499. The van der Waals surface area contributed by atoms with Crippen LogP contribution in [0.1, 0.15) is 0 Å². The van der Waals surface area contributed by atoms with Crippen LogP contribution in [0.5, 0.6) is 0 Å². The number of hydrogen-bond donors (Lipinski definition) is 2. The third kappa shape index (κ3) is 2.60. The average Bonchev–Trinajstić information content (AvgIpc) is 2.24. The number of nitrogens with one attached hydrogen (secondary N) is 1. The van der Waals surface area contributed by atoms with Crippen molar-refractivity contribution < 1.29 is 0 Å². The Hall–Kier alpha value is -2.29. The van der Waals surface area contributed by atoms with E-state index in [0.717, 1.165) is 11.4 Å². The molecule has 16 heavy (non-hydrogen) atoms. The largest absolute Gasteiger partial charge is 0.382 e. The van der Waals surface area contributed by atoms with Gasteiger partial charge in [-0.25, -0.2) is 4.98 Å². The fourth-order valence-electron chi connectivity index (χ4n) is 1.33. The van der Waals surface area contributed by atoms with Crippen LogP contribution in [-0.2, 0) is 0 Å². The second-order valence-corrected chi connectivity index (χ2v) is 3.31. The van der Waals surface area contributed by atoms with Crippen LogP contribution in [0.25, 0.3) is 0 Å². The van der Waals surface area contributed by atoms with E-state index < -0.39 is 0 Å². The van der Waals surface area contributed by atoms with Crippen LogP contribution in [-0.4, -0.2) is 4.98 Å². The van der Waals surface area contributed by atoms with Crippen molar-refractivity contribution in [1.29, 1.82) is 0 Å². The van der Waals surface area contributed by atoms with Gasteiger partial charge in [-0.3, -0.25) is 0 Å². The van der Waals surface area contributed by atoms with E-state index in [2.05, 4.69) is 10.3 Å². The summed E-state index contributed by atoms with van der Waals surface area (Å²) in [6.07, 6.45) is 15.5. The highest BCUT2D eigenvalue weighted by molar-refractivity contribution is 5.65. The number of rotatable bonds is 2. The molecule has 0 saturated heterocycles. The summed E-state index contributed by atoms with van der Waals surface area (Å²) in [4.78, 5) is 4.02. The van der Waals surface area contributed by atoms with Gasteiger partial charge in [-0.2, -0.15) is 0 Å². The lowest BCUT2D eigenvalue weighted by atomic mass is 10.2. The second-order valence-electron chi connectivity index (χ2n) is 3.31. The van der Waals surface area contributed by atoms with Crippen molar-refractivity contribution >= 4 is 11.5 Å². The van der Waals surface area contributed by atoms with E-state index in [4.69, 9.17) is 5.73 Å². The van der Waals surface area contributed by atoms with Gasteiger partial charge in [0.2, 0.25) is 0 Å². The molecule has 0 saturated carbocycles. The van der Waals surface area contributed by atoms with E-state index >= 15 is 0 Å². The standard InChI is InChI=1S/C13H13N3/c14-13-12(9-6-10-15-13)16-11-7-4-2-1-3-5-8-11/h1-10,16H,(H2,14,15)/b2-1-,3-1?,4-2?,5-3-,7-4?,8-5?,11-7?,11-8?. The Morgan fingerprint density at radius 2 is 1.88 bits per heavy atom. The van der Waals surface area contributed by atoms with Crippen molar-refractivity contribution in [2.24, 2.45) is 0 Å². The summed E-state index contributed by atoms with van der Waals surface area (Å²) >= 11 is 0. The molecule has 1 aromatic rings. The molecule has 1 aliphatic carbocycles. The van der Waals surface area contributed by atoms with Crippen molar-refractivity contribution in [3.8, 4) is 0 Å². The molecular formula is C13H13N3. The van der Waals surface area contributed by atoms with Crippen LogP contribution in [0.15, 0.2) is 66.6 Å². The second kappa shape index (κ2) is 4.98. The molecule has 0 atom stereocenters. The molecule has 0 bridgehead atoms. The molecule has 0 amide bonds. The third-order valence-corrected chi connectivity index (χ3v) is 2.11. The predicted octanol–water partition coefficient (Wildman–Crippen LogP) is 2.64. The summed E-state index contributed by atoms with van der Waals surface area (Å²) in [7, 11) is 0. The van der Waals surface area contributed by atoms with Gasteiger partial charge in [-0.1, -0.05) is 30.4 Å². The van der Waals surface area contributed by atoms with E-state index in [1.54, 1.807) is 6.20 Å². The van der Waals surface area contributed by atoms with Gasteiger partial charge in [0.1, 0.15) is 5.82 Å². The Morgan fingerprint density at radius 3 is 2.75 bits per heavy atom. The first-order valence-electron chi connectivity index (χ1n) is 5.05. The van der Waals surface area contributed by atoms with Gasteiger partial charge in [-0.15, -0.1) is 0 Å². The van der Waals surface area contributed by atoms with E-state index in [9.17, 15) is 0 Å². The zero-order valence-corrected chi connectivity index (χ0v) is 8.80. The zero-order valence-electron chi connectivity index (χ0n) is 8.80. The number of nitrogens with zero attached hydrogens (tertiary/aromatic N) is 1. The summed E-state index contributed by atoms with van der Waals surface area (Å²) in [5.41, 5.74) is 7.54. The molecule has 0 fully saturated rings. The van der Waals surface area contributed by atoms with Gasteiger partial charge in [0.15, 0.2) is 0 Å². The number of allylic oxidation sites excluding steroid dienone is 7. The van der Waals surface area contributed by atoms with E-state index in [1.165, 1.54) is 0 Å². The van der Waals surface area contributed by atoms with Crippen LogP contribution in [0, 0.1) is 0 Å². The molecule has 0 aromatic carbocycles. The van der Waals surface area contributed by atoms with Crippen LogP contribution in [0.4, 0.5) is 11.5 Å². The lowest BCUT2D eigenvalue weighted by Gasteiger charge is -2.08. The molecule has 0 aliphatic heterocycles. The fraction of sp³-hybridized carbons (Fsp3) is 0. The fourth-order valence-corrected chi connectivity index (χ4v) is 1.33. The number of hydrogen-bond acceptors (Lipinski definition) is 3. The van der Waals surface area contributed by atoms with Gasteiger partial charge in [0.05, 0.1) is 5.69 Å². The van der Waals surface area contributed by atoms with Gasteiger partial charge in [-0.05, 0) is 24.3 Å². The van der Waals surface area contributed by atoms with E-state index in [-0.39, 0.29) is 0 Å². The molecule has 0 spiro atoms. The monoisotopic (exact) mass is 211 g/mol. The first kappa shape index (κ1) is 10.2. The number of nitrogen functional groups attached to an aromatic ring is 1. The summed E-state index contributed by atoms with van der Waals surface area (Å²) < 4.78 is 0. The zero-order chi connectivity index (χ0) is 11.2. The van der Waals surface area contributed by atoms with E-state index in [0.29, 0.717) is 5.82 Å². The molecule has 1 aliphatic rings. The Labute approximate surface area is 94.7 Å². The number of aromatic nitrogens is 1. The maximum atomic E-state index is 5.75. The minimum atomic E-state index is 0.499. The van der Waals surface area contributed by atoms with Crippen LogP contribution >= 0.6 is 0 Å². The van der Waals surface area contributed by atoms with E-state index in [1.807, 2.05) is 54.7 Å². The molecule has 80 valence electrons. The summed E-state index contributed by atoms with van der Waals surface area (Å²) in [5.74, 6) is 0.499. The van der Waals surface area contributed by atoms with Crippen molar-refractivity contribution in [3.63, 3.8) is 0 Å². The molecular weight excluding hydrogens is 198 g/mol. The highest BCUT2D eigenvalue weighted by Gasteiger charge is 1.99. The van der Waals surface area contributed by atoms with Crippen molar-refractivity contribution in [2.45, 2.75) is 0 Å². The summed E-state index contributed by atoms with van der Waals surface area (Å²) in [6.45, 7) is 0. The van der Waals surface area contributed by atoms with Crippen molar-refractivity contribution in [1.82, 2.24) is 4.98 Å². The summed E-state index contributed by atoms with van der Waals surface area (Å²) in [6, 6.07) is 3.75. The first-order chi connectivity index (χ1) is 7.86. The molecule has 3 heteroatoms. The Morgan fingerprint density at radius 1 is 1.06 bits per heavy atom. The van der Waals surface area contributed by atoms with Crippen LogP contribution in [0.2, 0.25) is 0 Å². The number of nitrogens with two attached hydrogens (primary N) is 1. The smallest absolute Gasteiger partial charge is 0.147 e. The molecule has 2 rings (SSSR count). The number of anilines is 2. The number of pyridine rings is 1. The molecule has 1 heterocycles. The van der Waals surface area contributed by atoms with Gasteiger partial charge < -0.3 is 11.1 Å². The molecule has 0 radical (unpaired) electrons. The molecule has 1 aromatic heterocycles. The SMILES string of the molecule is Nc1ncccc1NC1=C/C=C\C=C/C=C1. The Balaban J connectivity index is 2.19. The third-order valence-electron chi connectivity index (χ3n) is 2.11. The first-order valence-corrected chi connectivity index (χ1v) is 5.05. The lowest BCUT2D eigenvalue weighted by molar-refractivity contribution is 1.32. The average molecular weight is 211 g/mol. The minimum Gasteiger partial charge on any atom is -0.382 e. The maximum absolute atomic E-state index is 5.75. The quantitative estimate of drug-likeness (QED) is 0.790. The predicted molar refractivity (Wildman–Crippen MR) is 67.8 cm³/mol. The van der Waals surface area contributed by atoms with Crippen LogP contribution < -0.4 is 11.1 Å². The molecule has 3 nitrogen and oxygen atoms in total. The summed E-state index contributed by atoms with van der Waals surface area (Å²) in [5, 5.41) is 3.22. The maximum Gasteiger partial charge on any atom is 0.147 e. The van der Waals surface area contributed by atoms with Crippen molar-refractivity contribution in [3.05, 3.63) is 66.6 Å². The van der Waals surface area contributed by atoms with Gasteiger partial charge in [0, 0.05) is 11.9 Å². The van der Waals surface area contributed by atoms with Gasteiger partial charge >= 0.3 is 0 Å². The van der Waals surface area contributed by atoms with Gasteiger partial charge in [0.25, 0.3) is 0 Å². The Kier molecular flexibility index (Phi) is 3.18. The molecule has 3 N–H and O–H groups in total. The molecule has 0 unspecified atom stereocenters. The highest BCUT2D eigenvalue weighted by Crippen LogP contribution is 2.16. The topological polar surface area (TPSA) is 50.9 Å². The highest BCUT2D eigenvalue weighted by atomic mass is 15.0. The Bertz CT molecular complexity index is 482.